The molecule has 2 rings (SSSR count). The highest BCUT2D eigenvalue weighted by atomic mass is 16.6. The van der Waals surface area contributed by atoms with Gasteiger partial charge in [0.1, 0.15) is 18.1 Å². The third kappa shape index (κ3) is 4.42. The molecule has 0 unspecified atom stereocenters. The Morgan fingerprint density at radius 2 is 1.86 bits per heavy atom. The molecule has 0 saturated heterocycles. The summed E-state index contributed by atoms with van der Waals surface area (Å²) in [5, 5.41) is 10.7. The Bertz CT molecular complexity index is 650. The van der Waals surface area contributed by atoms with Crippen LogP contribution in [-0.2, 0) is 17.8 Å². The molecule has 2 aromatic rings. The summed E-state index contributed by atoms with van der Waals surface area (Å²) < 4.78 is 5.58. The largest absolute Gasteiger partial charge is 0.489 e. The lowest BCUT2D eigenvalue weighted by Gasteiger charge is -2.07. The van der Waals surface area contributed by atoms with Crippen molar-refractivity contribution < 1.29 is 14.5 Å². The molecule has 5 heteroatoms. The van der Waals surface area contributed by atoms with Crippen LogP contribution in [0.2, 0.25) is 0 Å². The Morgan fingerprint density at radius 3 is 2.48 bits per heavy atom. The molecule has 21 heavy (non-hydrogen) atoms. The Morgan fingerprint density at radius 1 is 1.14 bits per heavy atom. The number of benzene rings is 2. The van der Waals surface area contributed by atoms with Crippen LogP contribution < -0.4 is 4.74 Å². The van der Waals surface area contributed by atoms with Gasteiger partial charge in [0, 0.05) is 18.6 Å². The van der Waals surface area contributed by atoms with Crippen molar-refractivity contribution in [3.63, 3.8) is 0 Å². The van der Waals surface area contributed by atoms with Crippen LogP contribution in [0.5, 0.6) is 5.75 Å². The van der Waals surface area contributed by atoms with Crippen molar-refractivity contribution in [3.8, 4) is 5.75 Å². The van der Waals surface area contributed by atoms with Crippen molar-refractivity contribution in [1.29, 1.82) is 0 Å². The zero-order valence-corrected chi connectivity index (χ0v) is 11.6. The van der Waals surface area contributed by atoms with Gasteiger partial charge in [0.05, 0.1) is 4.92 Å². The van der Waals surface area contributed by atoms with Gasteiger partial charge in [-0.2, -0.15) is 0 Å². The van der Waals surface area contributed by atoms with E-state index in [1.807, 2.05) is 12.1 Å². The number of carbonyl (C=O) groups excluding carboxylic acids is 1. The van der Waals surface area contributed by atoms with Crippen molar-refractivity contribution in [2.24, 2.45) is 0 Å². The van der Waals surface area contributed by atoms with Gasteiger partial charge in [-0.3, -0.25) is 14.9 Å². The number of nitrogens with zero attached hydrogens (tertiary/aromatic N) is 1. The summed E-state index contributed by atoms with van der Waals surface area (Å²) >= 11 is 0. The van der Waals surface area contributed by atoms with E-state index in [4.69, 9.17) is 4.74 Å². The minimum Gasteiger partial charge on any atom is -0.489 e. The normalized spacial score (nSPS) is 10.1. The van der Waals surface area contributed by atoms with Crippen LogP contribution in [0.4, 0.5) is 5.69 Å². The van der Waals surface area contributed by atoms with E-state index in [1.165, 1.54) is 12.1 Å². The molecule has 0 N–H and O–H groups in total. The van der Waals surface area contributed by atoms with Gasteiger partial charge in [-0.1, -0.05) is 24.3 Å². The zero-order chi connectivity index (χ0) is 15.2. The summed E-state index contributed by atoms with van der Waals surface area (Å²) in [5.74, 6) is 0.772. The van der Waals surface area contributed by atoms with Crippen LogP contribution in [0.1, 0.15) is 18.1 Å². The average molecular weight is 285 g/mol. The van der Waals surface area contributed by atoms with Crippen LogP contribution in [0.25, 0.3) is 0 Å². The lowest BCUT2D eigenvalue weighted by Crippen LogP contribution is -1.98. The predicted octanol–water partition coefficient (Wildman–Crippen LogP) is 3.31. The number of ether oxygens (including phenoxy) is 1. The van der Waals surface area contributed by atoms with Crippen LogP contribution in [0.3, 0.4) is 0 Å². The number of Topliss-reactive ketones (excluding diaryl/α,β-unsaturated/α-hetero) is 1. The SMILES string of the molecule is CC(=O)Cc1ccc(OCc2cccc([N+](=O)[O-])c2)cc1. The highest BCUT2D eigenvalue weighted by molar-refractivity contribution is 5.78. The Kier molecular flexibility index (Phi) is 4.66. The second kappa shape index (κ2) is 6.65. The minimum absolute atomic E-state index is 0.0490. The van der Waals surface area contributed by atoms with Gasteiger partial charge in [-0.15, -0.1) is 0 Å². The summed E-state index contributed by atoms with van der Waals surface area (Å²) in [6.07, 6.45) is 0.408. The molecule has 0 aromatic heterocycles. The Labute approximate surface area is 122 Å². The second-order valence-electron chi connectivity index (χ2n) is 4.74. The molecule has 5 nitrogen and oxygen atoms in total. The lowest BCUT2D eigenvalue weighted by molar-refractivity contribution is -0.384. The maximum Gasteiger partial charge on any atom is 0.269 e. The number of hydrogen-bond acceptors (Lipinski definition) is 4. The number of nitro groups is 1. The zero-order valence-electron chi connectivity index (χ0n) is 11.6. The number of hydrogen-bond donors (Lipinski definition) is 0. The van der Waals surface area contributed by atoms with Crippen molar-refractivity contribution in [3.05, 3.63) is 69.8 Å². The summed E-state index contributed by atoms with van der Waals surface area (Å²) in [6, 6.07) is 13.6. The van der Waals surface area contributed by atoms with E-state index in [2.05, 4.69) is 0 Å². The fourth-order valence-electron chi connectivity index (χ4n) is 1.92. The molecule has 0 saturated carbocycles. The molecule has 0 aliphatic rings. The first kappa shape index (κ1) is 14.7. The maximum absolute atomic E-state index is 11.0. The van der Waals surface area contributed by atoms with Crippen molar-refractivity contribution in [2.45, 2.75) is 20.0 Å². The Hall–Kier alpha value is -2.69. The van der Waals surface area contributed by atoms with E-state index in [0.717, 1.165) is 11.1 Å². The van der Waals surface area contributed by atoms with Gasteiger partial charge >= 0.3 is 0 Å². The van der Waals surface area contributed by atoms with Crippen LogP contribution >= 0.6 is 0 Å². The van der Waals surface area contributed by atoms with E-state index in [0.29, 0.717) is 12.2 Å². The molecule has 0 amide bonds. The molecule has 0 fully saturated rings. The van der Waals surface area contributed by atoms with Crippen LogP contribution in [-0.4, -0.2) is 10.7 Å². The van der Waals surface area contributed by atoms with Crippen LogP contribution in [0, 0.1) is 10.1 Å². The standard InChI is InChI=1S/C16H15NO4/c1-12(18)9-13-5-7-16(8-6-13)21-11-14-3-2-4-15(10-14)17(19)20/h2-8,10H,9,11H2,1H3. The van der Waals surface area contributed by atoms with Gasteiger partial charge in [0.15, 0.2) is 0 Å². The lowest BCUT2D eigenvalue weighted by atomic mass is 10.1. The van der Waals surface area contributed by atoms with Gasteiger partial charge < -0.3 is 4.74 Å². The summed E-state index contributed by atoms with van der Waals surface area (Å²) in [6.45, 7) is 1.81. The molecule has 0 radical (unpaired) electrons. The van der Waals surface area contributed by atoms with E-state index >= 15 is 0 Å². The fraction of sp³-hybridized carbons (Fsp3) is 0.188. The first-order chi connectivity index (χ1) is 10.0. The van der Waals surface area contributed by atoms with Gasteiger partial charge in [-0.05, 0) is 30.2 Å². The van der Waals surface area contributed by atoms with Gasteiger partial charge in [0.25, 0.3) is 5.69 Å². The molecule has 0 heterocycles. The monoisotopic (exact) mass is 285 g/mol. The number of rotatable bonds is 6. The number of non-ortho nitro benzene ring substituents is 1. The first-order valence-corrected chi connectivity index (χ1v) is 6.49. The highest BCUT2D eigenvalue weighted by Crippen LogP contribution is 2.17. The quantitative estimate of drug-likeness (QED) is 0.603. The molecule has 108 valence electrons. The summed E-state index contributed by atoms with van der Waals surface area (Å²) in [5.41, 5.74) is 1.72. The summed E-state index contributed by atoms with van der Waals surface area (Å²) in [7, 11) is 0. The number of ketones is 1. The second-order valence-corrected chi connectivity index (χ2v) is 4.74. The number of nitro benzene ring substituents is 1. The smallest absolute Gasteiger partial charge is 0.269 e. The van der Waals surface area contributed by atoms with E-state index in [9.17, 15) is 14.9 Å². The molecule has 2 aromatic carbocycles. The first-order valence-electron chi connectivity index (χ1n) is 6.49. The minimum atomic E-state index is -0.431. The van der Waals surface area contributed by atoms with Gasteiger partial charge in [0.2, 0.25) is 0 Å². The topological polar surface area (TPSA) is 69.4 Å². The maximum atomic E-state index is 11.0. The predicted molar refractivity (Wildman–Crippen MR) is 78.3 cm³/mol. The molecule has 0 atom stereocenters. The van der Waals surface area contributed by atoms with Crippen molar-refractivity contribution in [1.82, 2.24) is 0 Å². The Balaban J connectivity index is 1.98. The van der Waals surface area contributed by atoms with Crippen molar-refractivity contribution >= 4 is 11.5 Å². The third-order valence-corrected chi connectivity index (χ3v) is 2.90. The van der Waals surface area contributed by atoms with Crippen LogP contribution in [0.15, 0.2) is 48.5 Å². The summed E-state index contributed by atoms with van der Waals surface area (Å²) in [4.78, 5) is 21.3. The van der Waals surface area contributed by atoms with Gasteiger partial charge in [-0.25, -0.2) is 0 Å². The molecular weight excluding hydrogens is 270 g/mol. The van der Waals surface area contributed by atoms with Crippen molar-refractivity contribution in [2.75, 3.05) is 0 Å². The van der Waals surface area contributed by atoms with E-state index in [1.54, 1.807) is 31.2 Å². The van der Waals surface area contributed by atoms with E-state index < -0.39 is 4.92 Å². The molecule has 0 spiro atoms. The average Bonchev–Trinajstić information content (AvgIpc) is 2.46. The number of carbonyl (C=O) groups is 1. The third-order valence-electron chi connectivity index (χ3n) is 2.90. The molecule has 0 aliphatic carbocycles. The molecule has 0 bridgehead atoms. The highest BCUT2D eigenvalue weighted by Gasteiger charge is 2.06. The van der Waals surface area contributed by atoms with E-state index in [-0.39, 0.29) is 18.1 Å². The molecule has 0 aliphatic heterocycles. The molecular formula is C16H15NO4. The fourth-order valence-corrected chi connectivity index (χ4v) is 1.92.